The first kappa shape index (κ1) is 23.4. The number of likely N-dealkylation sites (N-methyl/N-ethyl adjacent to an activating group) is 1. The van der Waals surface area contributed by atoms with E-state index in [-0.39, 0.29) is 11.2 Å². The van der Waals surface area contributed by atoms with Gasteiger partial charge in [-0.25, -0.2) is 0 Å². The molecule has 0 radical (unpaired) electrons. The zero-order valence-corrected chi connectivity index (χ0v) is 23.1. The van der Waals surface area contributed by atoms with Crippen molar-refractivity contribution in [2.45, 2.75) is 94.5 Å². The van der Waals surface area contributed by atoms with E-state index in [1.165, 1.54) is 90.5 Å². The maximum atomic E-state index is 7.60. The Hall–Kier alpha value is -1.46. The predicted molar refractivity (Wildman–Crippen MR) is 148 cm³/mol. The van der Waals surface area contributed by atoms with Crippen LogP contribution in [0.25, 0.3) is 0 Å². The van der Waals surface area contributed by atoms with Crippen molar-refractivity contribution >= 4 is 0 Å². The normalized spacial score (nSPS) is 43.9. The Bertz CT molecular complexity index is 1150. The van der Waals surface area contributed by atoms with Crippen LogP contribution in [0.3, 0.4) is 0 Å². The van der Waals surface area contributed by atoms with Gasteiger partial charge in [-0.2, -0.15) is 0 Å². The average molecular weight is 500 g/mol. The fourth-order valence-electron chi connectivity index (χ4n) is 10.2. The smallest absolute Gasteiger partial charge is 0.0975 e. The van der Waals surface area contributed by atoms with Crippen molar-refractivity contribution in [3.63, 3.8) is 0 Å². The summed E-state index contributed by atoms with van der Waals surface area (Å²) in [5.41, 5.74) is 6.65. The largest absolute Gasteiger partial charge is 0.359 e. The van der Waals surface area contributed by atoms with Gasteiger partial charge in [0, 0.05) is 51.4 Å². The molecule has 198 valence electrons. The lowest BCUT2D eigenvalue weighted by molar-refractivity contribution is -0.146. The van der Waals surface area contributed by atoms with E-state index >= 15 is 0 Å². The molecule has 0 N–H and O–H groups in total. The van der Waals surface area contributed by atoms with Crippen LogP contribution in [0.1, 0.15) is 69.4 Å². The minimum Gasteiger partial charge on any atom is -0.359 e. The molecule has 3 aliphatic carbocycles. The summed E-state index contributed by atoms with van der Waals surface area (Å²) < 4.78 is 7.60. The molecular formula is C33H45N3O. The molecule has 0 aromatic heterocycles. The molecule has 4 nitrogen and oxygen atoms in total. The van der Waals surface area contributed by atoms with Crippen molar-refractivity contribution in [1.29, 1.82) is 0 Å². The Kier molecular flexibility index (Phi) is 5.24. The molecule has 37 heavy (non-hydrogen) atoms. The van der Waals surface area contributed by atoms with Crippen molar-refractivity contribution in [2.24, 2.45) is 11.3 Å². The Morgan fingerprint density at radius 3 is 2.59 bits per heavy atom. The van der Waals surface area contributed by atoms with Gasteiger partial charge in [-0.1, -0.05) is 43.3 Å². The molecule has 4 fully saturated rings. The molecule has 7 aliphatic rings. The van der Waals surface area contributed by atoms with Crippen molar-refractivity contribution in [2.75, 3.05) is 39.8 Å². The van der Waals surface area contributed by atoms with E-state index in [2.05, 4.69) is 65.1 Å². The maximum Gasteiger partial charge on any atom is 0.0975 e. The third-order valence-corrected chi connectivity index (χ3v) is 12.3. The first-order valence-corrected chi connectivity index (χ1v) is 15.3. The van der Waals surface area contributed by atoms with Crippen LogP contribution in [-0.4, -0.2) is 77.8 Å². The molecule has 8 rings (SSSR count). The minimum atomic E-state index is -0.0249. The lowest BCUT2D eigenvalue weighted by Gasteiger charge is -2.56. The van der Waals surface area contributed by atoms with Gasteiger partial charge in [0.25, 0.3) is 0 Å². The number of fused-ring (bicyclic) bond motifs is 2. The topological polar surface area (TPSA) is 19.0 Å². The molecule has 2 saturated carbocycles. The summed E-state index contributed by atoms with van der Waals surface area (Å²) in [6.07, 6.45) is 16.7. The number of ether oxygens (including phenoxy) is 1. The number of hydrogen-bond acceptors (Lipinski definition) is 4. The lowest BCUT2D eigenvalue weighted by atomic mass is 9.59. The molecule has 4 heterocycles. The van der Waals surface area contributed by atoms with Crippen LogP contribution in [0.15, 0.2) is 47.6 Å². The molecule has 1 aromatic carbocycles. The van der Waals surface area contributed by atoms with E-state index in [0.717, 1.165) is 6.54 Å². The van der Waals surface area contributed by atoms with Crippen LogP contribution < -0.4 is 0 Å². The average Bonchev–Trinajstić information content (AvgIpc) is 3.43. The van der Waals surface area contributed by atoms with Gasteiger partial charge >= 0.3 is 0 Å². The van der Waals surface area contributed by atoms with Gasteiger partial charge < -0.3 is 9.64 Å². The zero-order valence-electron chi connectivity index (χ0n) is 23.1. The second kappa shape index (κ2) is 8.27. The van der Waals surface area contributed by atoms with Crippen molar-refractivity contribution < 1.29 is 4.74 Å². The van der Waals surface area contributed by atoms with Crippen LogP contribution in [0.2, 0.25) is 0 Å². The fraction of sp³-hybridized carbons (Fsp3) is 0.697. The number of nitrogens with zero attached hydrogens (tertiary/aromatic N) is 3. The highest BCUT2D eigenvalue weighted by molar-refractivity contribution is 5.47. The number of benzene rings is 1. The first-order chi connectivity index (χ1) is 18.0. The number of allylic oxidation sites excluding steroid dienone is 1. The van der Waals surface area contributed by atoms with E-state index in [1.807, 2.05) is 0 Å². The Balaban J connectivity index is 1.07. The summed E-state index contributed by atoms with van der Waals surface area (Å²) in [6.45, 7) is 9.88. The van der Waals surface area contributed by atoms with Gasteiger partial charge in [-0.3, -0.25) is 9.80 Å². The summed E-state index contributed by atoms with van der Waals surface area (Å²) in [5.74, 6) is 0.656. The van der Waals surface area contributed by atoms with E-state index in [1.54, 1.807) is 22.3 Å². The molecule has 6 atom stereocenters. The van der Waals surface area contributed by atoms with Crippen molar-refractivity contribution in [1.82, 2.24) is 14.7 Å². The predicted octanol–water partition coefficient (Wildman–Crippen LogP) is 5.19. The van der Waals surface area contributed by atoms with Crippen LogP contribution in [0.5, 0.6) is 0 Å². The first-order valence-electron chi connectivity index (χ1n) is 15.3. The monoisotopic (exact) mass is 499 g/mol. The Morgan fingerprint density at radius 1 is 0.892 bits per heavy atom. The minimum absolute atomic E-state index is 0.0179. The summed E-state index contributed by atoms with van der Waals surface area (Å²) >= 11 is 0. The third-order valence-electron chi connectivity index (χ3n) is 12.3. The van der Waals surface area contributed by atoms with E-state index in [9.17, 15) is 0 Å². The number of rotatable bonds is 2. The molecule has 2 saturated heterocycles. The van der Waals surface area contributed by atoms with Gasteiger partial charge in [0.2, 0.25) is 0 Å². The molecule has 4 heteroatoms. The zero-order chi connectivity index (χ0) is 24.8. The highest BCUT2D eigenvalue weighted by atomic mass is 16.5. The van der Waals surface area contributed by atoms with Crippen LogP contribution in [0, 0.1) is 11.3 Å². The third kappa shape index (κ3) is 3.35. The van der Waals surface area contributed by atoms with Crippen LogP contribution in [0.4, 0.5) is 0 Å². The van der Waals surface area contributed by atoms with Crippen LogP contribution >= 0.6 is 0 Å². The molecular weight excluding hydrogens is 454 g/mol. The second-order valence-electron chi connectivity index (χ2n) is 13.9. The number of piperazine rings is 1. The molecule has 2 spiro atoms. The second-order valence-corrected chi connectivity index (χ2v) is 13.9. The van der Waals surface area contributed by atoms with E-state index in [4.69, 9.17) is 4.74 Å². The highest BCUT2D eigenvalue weighted by Gasteiger charge is 2.67. The SMILES string of the molecule is CN1CCN([C@H]2CCC3=CC4=CC[C@]5(C)[C@@H](N6CCc7ccccc7C6)CC[C@H]5[C@@]45CC[C@]3(C2)O5)CC1. The highest BCUT2D eigenvalue weighted by Crippen LogP contribution is 2.67. The Labute approximate surface area is 223 Å². The van der Waals surface area contributed by atoms with Crippen molar-refractivity contribution in [3.05, 3.63) is 58.7 Å². The van der Waals surface area contributed by atoms with E-state index in [0.29, 0.717) is 23.4 Å². The molecule has 1 aromatic rings. The molecule has 4 aliphatic heterocycles. The quantitative estimate of drug-likeness (QED) is 0.558. The van der Waals surface area contributed by atoms with Gasteiger partial charge in [-0.05, 0) is 98.4 Å². The summed E-state index contributed by atoms with van der Waals surface area (Å²) in [5, 5.41) is 0. The fourth-order valence-corrected chi connectivity index (χ4v) is 10.2. The maximum absolute atomic E-state index is 7.60. The lowest BCUT2D eigenvalue weighted by Crippen LogP contribution is -2.58. The Morgan fingerprint density at radius 2 is 1.73 bits per heavy atom. The molecule has 0 unspecified atom stereocenters. The van der Waals surface area contributed by atoms with Gasteiger partial charge in [0.05, 0.1) is 11.2 Å². The van der Waals surface area contributed by atoms with Crippen LogP contribution in [-0.2, 0) is 17.7 Å². The van der Waals surface area contributed by atoms with Gasteiger partial charge in [0.1, 0.15) is 0 Å². The molecule has 0 amide bonds. The van der Waals surface area contributed by atoms with Gasteiger partial charge in [0.15, 0.2) is 0 Å². The molecule has 2 bridgehead atoms. The summed E-state index contributed by atoms with van der Waals surface area (Å²) in [4.78, 5) is 8.15. The summed E-state index contributed by atoms with van der Waals surface area (Å²) in [7, 11) is 2.27. The van der Waals surface area contributed by atoms with E-state index < -0.39 is 0 Å². The summed E-state index contributed by atoms with van der Waals surface area (Å²) in [6, 6.07) is 10.5. The standard InChI is InChI=1S/C33H45N3O/c1-31-13-11-27-21-26-7-8-28(35-19-17-34(2)18-20-35)22-32(26)14-15-33(27,37-32)29(31)9-10-30(31)36-16-12-24-5-3-4-6-25(24)23-36/h3-6,11,21,28-30H,7-10,12-20,22-23H2,1-2H3/t28-,29+,30-,31-,32+,33+/m0/s1. The van der Waals surface area contributed by atoms with Gasteiger partial charge in [-0.15, -0.1) is 0 Å². The number of hydrogen-bond donors (Lipinski definition) is 0. The van der Waals surface area contributed by atoms with Crippen molar-refractivity contribution in [3.8, 4) is 0 Å².